The number of carbonyl (C=O) groups is 2. The van der Waals surface area contributed by atoms with Gasteiger partial charge in [0.05, 0.1) is 41.6 Å². The maximum atomic E-state index is 16.0. The summed E-state index contributed by atoms with van der Waals surface area (Å²) in [6.45, 7) is 6.79. The van der Waals surface area contributed by atoms with E-state index in [9.17, 15) is 22.8 Å². The Morgan fingerprint density at radius 3 is 2.42 bits per heavy atom. The van der Waals surface area contributed by atoms with E-state index in [1.807, 2.05) is 13.8 Å². The number of benzene rings is 2. The number of likely N-dealkylation sites (N-methyl/N-ethyl adjacent to an activating group) is 1. The number of aryl methyl sites for hydroxylation is 2. The molecule has 6 rings (SSSR count). The molecule has 13 nitrogen and oxygen atoms in total. The number of sulfonamides is 1. The summed E-state index contributed by atoms with van der Waals surface area (Å²) in [5.74, 6) is -3.15. The number of methoxy groups -OCH3 is 1. The van der Waals surface area contributed by atoms with Gasteiger partial charge >= 0.3 is 5.63 Å². The van der Waals surface area contributed by atoms with Crippen LogP contribution in [0.3, 0.4) is 0 Å². The van der Waals surface area contributed by atoms with Crippen molar-refractivity contribution in [3.8, 4) is 0 Å². The van der Waals surface area contributed by atoms with Gasteiger partial charge in [-0.25, -0.2) is 17.6 Å². The fourth-order valence-electron chi connectivity index (χ4n) is 7.43. The number of hydrogen-bond acceptors (Lipinski definition) is 10. The van der Waals surface area contributed by atoms with E-state index < -0.39 is 43.7 Å². The van der Waals surface area contributed by atoms with Gasteiger partial charge in [0.1, 0.15) is 16.3 Å². The highest BCUT2D eigenvalue weighted by molar-refractivity contribution is 7.89. The summed E-state index contributed by atoms with van der Waals surface area (Å²) in [6.07, 6.45) is 1.49. The Morgan fingerprint density at radius 2 is 1.80 bits per heavy atom. The van der Waals surface area contributed by atoms with Gasteiger partial charge < -0.3 is 29.6 Å². The molecule has 2 amide bonds. The first kappa shape index (κ1) is 35.8. The lowest BCUT2D eigenvalue weighted by Crippen LogP contribution is -2.53. The quantitative estimate of drug-likeness (QED) is 0.328. The summed E-state index contributed by atoms with van der Waals surface area (Å²) in [7, 11) is 3.66. The fraction of sp³-hybridized carbons (Fsp3) is 0.514. The molecule has 1 aliphatic carbocycles. The Labute approximate surface area is 291 Å². The Morgan fingerprint density at radius 1 is 1.10 bits per heavy atom. The number of halogens is 1. The number of fused-ring (bicyclic) bond motifs is 3. The van der Waals surface area contributed by atoms with E-state index in [4.69, 9.17) is 14.9 Å². The number of carbonyl (C=O) groups excluding carboxylic acids is 2. The first-order valence-corrected chi connectivity index (χ1v) is 18.2. The van der Waals surface area contributed by atoms with Crippen molar-refractivity contribution >= 4 is 44.2 Å². The van der Waals surface area contributed by atoms with E-state index >= 15 is 4.39 Å². The summed E-state index contributed by atoms with van der Waals surface area (Å²) < 4.78 is 56.8. The SMILES string of the molecule is COCC1CN(c2cc(C)c3c4c(c(=O)oc3c2C)CN(C(=O)c2c(F)cc(C(N)=O)c(N(C)C)c2S(=O)(=O)N(C)C2CC2)CC4)CCN1C. The third-order valence-electron chi connectivity index (χ3n) is 10.4. The lowest BCUT2D eigenvalue weighted by atomic mass is 9.92. The summed E-state index contributed by atoms with van der Waals surface area (Å²) in [5, 5.41) is 0.803. The second-order valence-electron chi connectivity index (χ2n) is 13.9. The second kappa shape index (κ2) is 13.2. The lowest BCUT2D eigenvalue weighted by molar-refractivity contribution is 0.0723. The molecule has 3 heterocycles. The molecule has 1 atom stereocenters. The number of anilines is 2. The number of ether oxygens (including phenoxy) is 1. The van der Waals surface area contributed by atoms with Gasteiger partial charge in [0.25, 0.3) is 11.8 Å². The van der Waals surface area contributed by atoms with Crippen LogP contribution in [0.5, 0.6) is 0 Å². The normalized spacial score (nSPS) is 18.5. The fourth-order valence-corrected chi connectivity index (χ4v) is 9.30. The smallest absolute Gasteiger partial charge is 0.341 e. The maximum Gasteiger partial charge on any atom is 0.341 e. The second-order valence-corrected chi connectivity index (χ2v) is 15.8. The van der Waals surface area contributed by atoms with Crippen LogP contribution < -0.4 is 21.2 Å². The van der Waals surface area contributed by atoms with Crippen LogP contribution in [0.2, 0.25) is 0 Å². The van der Waals surface area contributed by atoms with Crippen molar-refractivity contribution in [3.05, 3.63) is 61.8 Å². The number of primary amides is 1. The minimum atomic E-state index is -4.47. The van der Waals surface area contributed by atoms with E-state index in [1.165, 1.54) is 30.9 Å². The zero-order valence-corrected chi connectivity index (χ0v) is 30.4. The van der Waals surface area contributed by atoms with Crippen LogP contribution >= 0.6 is 0 Å². The van der Waals surface area contributed by atoms with Crippen molar-refractivity contribution in [2.75, 3.05) is 77.9 Å². The maximum absolute atomic E-state index is 16.0. The molecule has 2 fully saturated rings. The van der Waals surface area contributed by atoms with Crippen LogP contribution in [0.1, 0.15) is 55.8 Å². The van der Waals surface area contributed by atoms with Gasteiger partial charge in [0.2, 0.25) is 10.0 Å². The van der Waals surface area contributed by atoms with Crippen LogP contribution in [0.25, 0.3) is 11.0 Å². The Bertz CT molecular complexity index is 2060. The third-order valence-corrected chi connectivity index (χ3v) is 12.4. The Balaban J connectivity index is 1.42. The van der Waals surface area contributed by atoms with Crippen LogP contribution in [0, 0.1) is 19.7 Å². The Hall–Kier alpha value is -4.05. The molecule has 0 radical (unpaired) electrons. The number of nitrogens with zero attached hydrogens (tertiary/aromatic N) is 5. The highest BCUT2D eigenvalue weighted by atomic mass is 32.2. The molecule has 0 spiro atoms. The minimum Gasteiger partial charge on any atom is -0.422 e. The van der Waals surface area contributed by atoms with Crippen molar-refractivity contribution in [1.29, 1.82) is 0 Å². The molecule has 3 aromatic rings. The number of amides is 2. The van der Waals surface area contributed by atoms with Crippen LogP contribution in [-0.2, 0) is 27.7 Å². The molecule has 1 aromatic heterocycles. The van der Waals surface area contributed by atoms with Crippen molar-refractivity contribution in [2.45, 2.75) is 56.6 Å². The zero-order valence-electron chi connectivity index (χ0n) is 29.6. The molecule has 1 unspecified atom stereocenters. The third kappa shape index (κ3) is 6.03. The molecule has 50 heavy (non-hydrogen) atoms. The molecular weight excluding hydrogens is 667 g/mol. The monoisotopic (exact) mass is 712 g/mol. The van der Waals surface area contributed by atoms with E-state index in [0.29, 0.717) is 25.0 Å². The molecule has 0 bridgehead atoms. The van der Waals surface area contributed by atoms with Gasteiger partial charge in [-0.1, -0.05) is 0 Å². The predicted octanol–water partition coefficient (Wildman–Crippen LogP) is 2.46. The molecule has 270 valence electrons. The van der Waals surface area contributed by atoms with Crippen LogP contribution in [0.4, 0.5) is 15.8 Å². The average molecular weight is 713 g/mol. The average Bonchev–Trinajstić information content (AvgIpc) is 3.91. The van der Waals surface area contributed by atoms with Gasteiger partial charge in [0, 0.05) is 77.1 Å². The first-order chi connectivity index (χ1) is 23.6. The van der Waals surface area contributed by atoms with E-state index in [1.54, 1.807) is 7.11 Å². The van der Waals surface area contributed by atoms with Gasteiger partial charge in [0.15, 0.2) is 0 Å². The largest absolute Gasteiger partial charge is 0.422 e. The lowest BCUT2D eigenvalue weighted by Gasteiger charge is -2.41. The first-order valence-electron chi connectivity index (χ1n) is 16.7. The van der Waals surface area contributed by atoms with Crippen molar-refractivity contribution < 1.29 is 31.6 Å². The van der Waals surface area contributed by atoms with Gasteiger partial charge in [-0.05, 0) is 63.4 Å². The summed E-state index contributed by atoms with van der Waals surface area (Å²) in [5.41, 5.74) is 7.97. The number of piperazine rings is 1. The van der Waals surface area contributed by atoms with Gasteiger partial charge in [-0.15, -0.1) is 0 Å². The standard InChI is InChI=1S/C35H45FN6O7S/c1-19-14-27(41-13-12-39(5)22(16-41)18-48-7)20(2)31-28(19)23-10-11-42(17-25(23)35(45)49-31)34(44)29-26(36)15-24(33(37)43)30(38(3)4)32(29)50(46,47)40(6)21-8-9-21/h14-15,21-22H,8-13,16-18H2,1-7H3,(H2,37,43). The number of hydrogen-bond donors (Lipinski definition) is 1. The zero-order chi connectivity index (χ0) is 36.4. The molecular formula is C35H45FN6O7S. The molecule has 1 saturated carbocycles. The van der Waals surface area contributed by atoms with E-state index in [0.717, 1.165) is 57.8 Å². The van der Waals surface area contributed by atoms with Crippen molar-refractivity contribution in [2.24, 2.45) is 5.73 Å². The highest BCUT2D eigenvalue weighted by Gasteiger charge is 2.42. The highest BCUT2D eigenvalue weighted by Crippen LogP contribution is 2.40. The van der Waals surface area contributed by atoms with E-state index in [2.05, 4.69) is 22.9 Å². The topological polar surface area (TPSA) is 150 Å². The van der Waals surface area contributed by atoms with Gasteiger partial charge in [-0.3, -0.25) is 14.5 Å². The van der Waals surface area contributed by atoms with Crippen LogP contribution in [-0.4, -0.2) is 115 Å². The van der Waals surface area contributed by atoms with Gasteiger partial charge in [-0.2, -0.15) is 4.31 Å². The summed E-state index contributed by atoms with van der Waals surface area (Å²) >= 11 is 0. The molecule has 2 N–H and O–H groups in total. The number of rotatable bonds is 9. The predicted molar refractivity (Wildman–Crippen MR) is 188 cm³/mol. The Kier molecular flexibility index (Phi) is 9.48. The minimum absolute atomic E-state index is 0.0913. The summed E-state index contributed by atoms with van der Waals surface area (Å²) in [6, 6.07) is 2.81. The van der Waals surface area contributed by atoms with Crippen molar-refractivity contribution in [3.63, 3.8) is 0 Å². The molecule has 2 aliphatic heterocycles. The molecule has 1 saturated heterocycles. The number of nitrogens with two attached hydrogens (primary N) is 1. The summed E-state index contributed by atoms with van der Waals surface area (Å²) in [4.78, 5) is 46.9. The molecule has 3 aliphatic rings. The molecule has 2 aromatic carbocycles. The van der Waals surface area contributed by atoms with E-state index in [-0.39, 0.29) is 48.4 Å². The van der Waals surface area contributed by atoms with Crippen LogP contribution in [0.15, 0.2) is 26.2 Å². The van der Waals surface area contributed by atoms with Crippen molar-refractivity contribution in [1.82, 2.24) is 14.1 Å². The molecule has 15 heteroatoms.